The first kappa shape index (κ1) is 18.0. The van der Waals surface area contributed by atoms with E-state index in [1.807, 2.05) is 54.6 Å². The normalized spacial score (nSPS) is 12.1. The van der Waals surface area contributed by atoms with Gasteiger partial charge in [0, 0.05) is 18.9 Å². The van der Waals surface area contributed by atoms with E-state index in [0.29, 0.717) is 25.1 Å². The zero-order valence-corrected chi connectivity index (χ0v) is 15.0. The van der Waals surface area contributed by atoms with Crippen LogP contribution in [0.25, 0.3) is 11.0 Å². The molecule has 1 amide bonds. The van der Waals surface area contributed by atoms with E-state index in [2.05, 4.69) is 5.32 Å². The summed E-state index contributed by atoms with van der Waals surface area (Å²) in [5, 5.41) is 3.94. The molecule has 2 aromatic carbocycles. The van der Waals surface area contributed by atoms with Gasteiger partial charge in [-0.15, -0.1) is 0 Å². The van der Waals surface area contributed by atoms with Crippen LogP contribution >= 0.6 is 0 Å². The monoisotopic (exact) mass is 353 g/mol. The van der Waals surface area contributed by atoms with Gasteiger partial charge in [0.1, 0.15) is 23.2 Å². The summed E-state index contributed by atoms with van der Waals surface area (Å²) in [6.45, 7) is 0.373. The number of furan rings is 1. The number of rotatable bonds is 8. The van der Waals surface area contributed by atoms with Gasteiger partial charge >= 0.3 is 0 Å². The lowest BCUT2D eigenvalue weighted by Crippen LogP contribution is -2.29. The zero-order valence-electron chi connectivity index (χ0n) is 15.0. The van der Waals surface area contributed by atoms with Crippen LogP contribution in [0.5, 0.6) is 5.75 Å². The van der Waals surface area contributed by atoms with E-state index in [4.69, 9.17) is 13.9 Å². The van der Waals surface area contributed by atoms with Crippen molar-refractivity contribution in [3.05, 3.63) is 65.9 Å². The summed E-state index contributed by atoms with van der Waals surface area (Å²) >= 11 is 0. The number of fused-ring (bicyclic) bond motifs is 1. The summed E-state index contributed by atoms with van der Waals surface area (Å²) in [7, 11) is 3.25. The molecule has 0 radical (unpaired) electrons. The molecule has 1 aromatic heterocycles. The van der Waals surface area contributed by atoms with Crippen molar-refractivity contribution in [1.29, 1.82) is 0 Å². The number of nitrogens with one attached hydrogen (secondary N) is 1. The van der Waals surface area contributed by atoms with Gasteiger partial charge in [-0.1, -0.05) is 30.3 Å². The highest BCUT2D eigenvalue weighted by Gasteiger charge is 2.16. The van der Waals surface area contributed by atoms with Crippen LogP contribution in [0.2, 0.25) is 0 Å². The largest absolute Gasteiger partial charge is 0.497 e. The average molecular weight is 353 g/mol. The fourth-order valence-electron chi connectivity index (χ4n) is 2.81. The predicted octanol–water partition coefficient (Wildman–Crippen LogP) is 3.88. The third kappa shape index (κ3) is 4.43. The second-order valence-corrected chi connectivity index (χ2v) is 6.06. The van der Waals surface area contributed by atoms with Gasteiger partial charge in [0.2, 0.25) is 5.91 Å². The molecule has 3 rings (SSSR count). The molecule has 0 aliphatic rings. The van der Waals surface area contributed by atoms with Crippen LogP contribution in [-0.4, -0.2) is 26.7 Å². The molecule has 0 aliphatic heterocycles. The molecule has 3 aromatic rings. The van der Waals surface area contributed by atoms with Crippen molar-refractivity contribution < 1.29 is 18.7 Å². The number of hydrogen-bond acceptors (Lipinski definition) is 4. The highest BCUT2D eigenvalue weighted by Crippen LogP contribution is 2.25. The molecule has 0 saturated heterocycles. The van der Waals surface area contributed by atoms with Crippen molar-refractivity contribution in [3.63, 3.8) is 0 Å². The van der Waals surface area contributed by atoms with Crippen LogP contribution in [0.15, 0.2) is 59.0 Å². The number of carbonyl (C=O) groups excluding carboxylic acids is 1. The second kappa shape index (κ2) is 8.54. The zero-order chi connectivity index (χ0) is 18.4. The molecule has 1 atom stereocenters. The minimum absolute atomic E-state index is 0.0148. The quantitative estimate of drug-likeness (QED) is 0.668. The molecule has 0 fully saturated rings. The Labute approximate surface area is 152 Å². The Morgan fingerprint density at radius 3 is 2.58 bits per heavy atom. The fraction of sp³-hybridized carbons (Fsp3) is 0.286. The smallest absolute Gasteiger partial charge is 0.220 e. The van der Waals surface area contributed by atoms with Crippen LogP contribution in [-0.2, 0) is 16.0 Å². The van der Waals surface area contributed by atoms with Gasteiger partial charge in [-0.3, -0.25) is 4.79 Å². The Kier molecular flexibility index (Phi) is 5.92. The highest BCUT2D eigenvalue weighted by atomic mass is 16.5. The molecular formula is C21H23NO4. The maximum absolute atomic E-state index is 12.1. The Bertz CT molecular complexity index is 821. The molecule has 0 unspecified atom stereocenters. The van der Waals surface area contributed by atoms with Gasteiger partial charge in [0.05, 0.1) is 13.7 Å². The predicted molar refractivity (Wildman–Crippen MR) is 100 cm³/mol. The summed E-state index contributed by atoms with van der Waals surface area (Å²) < 4.78 is 16.4. The van der Waals surface area contributed by atoms with Gasteiger partial charge in [-0.25, -0.2) is 0 Å². The van der Waals surface area contributed by atoms with Crippen molar-refractivity contribution in [3.8, 4) is 5.75 Å². The van der Waals surface area contributed by atoms with E-state index in [0.717, 1.165) is 22.3 Å². The van der Waals surface area contributed by atoms with Gasteiger partial charge in [-0.2, -0.15) is 0 Å². The number of para-hydroxylation sites is 1. The van der Waals surface area contributed by atoms with Crippen LogP contribution in [0.4, 0.5) is 0 Å². The Balaban J connectivity index is 1.51. The summed E-state index contributed by atoms with van der Waals surface area (Å²) in [6.07, 6.45) is 0.786. The number of hydrogen-bond donors (Lipinski definition) is 1. The number of aryl methyl sites for hydroxylation is 1. The van der Waals surface area contributed by atoms with Crippen molar-refractivity contribution in [1.82, 2.24) is 5.32 Å². The first-order chi connectivity index (χ1) is 12.7. The fourth-order valence-corrected chi connectivity index (χ4v) is 2.81. The number of methoxy groups -OCH3 is 2. The molecule has 136 valence electrons. The van der Waals surface area contributed by atoms with Gasteiger partial charge in [-0.05, 0) is 36.2 Å². The van der Waals surface area contributed by atoms with Crippen molar-refractivity contribution in [2.24, 2.45) is 0 Å². The highest BCUT2D eigenvalue weighted by molar-refractivity contribution is 5.78. The van der Waals surface area contributed by atoms with Crippen LogP contribution in [0.1, 0.15) is 23.8 Å². The van der Waals surface area contributed by atoms with Crippen molar-refractivity contribution in [2.45, 2.75) is 18.9 Å². The summed E-state index contributed by atoms with van der Waals surface area (Å²) in [6, 6.07) is 17.5. The van der Waals surface area contributed by atoms with Gasteiger partial charge in [0.25, 0.3) is 0 Å². The van der Waals surface area contributed by atoms with Gasteiger partial charge < -0.3 is 19.2 Å². The molecule has 0 bridgehead atoms. The third-order valence-corrected chi connectivity index (χ3v) is 4.33. The summed E-state index contributed by atoms with van der Waals surface area (Å²) in [4.78, 5) is 12.1. The Morgan fingerprint density at radius 1 is 1.12 bits per heavy atom. The Morgan fingerprint density at radius 2 is 1.88 bits per heavy atom. The van der Waals surface area contributed by atoms with Crippen LogP contribution < -0.4 is 10.1 Å². The molecule has 0 saturated carbocycles. The Hall–Kier alpha value is -2.79. The number of benzene rings is 2. The van der Waals surface area contributed by atoms with E-state index in [1.165, 1.54) is 0 Å². The lowest BCUT2D eigenvalue weighted by Gasteiger charge is -2.13. The molecule has 1 heterocycles. The molecule has 0 spiro atoms. The number of ether oxygens (including phenoxy) is 2. The summed E-state index contributed by atoms with van der Waals surface area (Å²) in [5.74, 6) is 1.51. The number of amides is 1. The van der Waals surface area contributed by atoms with Gasteiger partial charge in [0.15, 0.2) is 0 Å². The molecular weight excluding hydrogens is 330 g/mol. The SMILES string of the molecule is COc1ccc(CCC(=O)NC[C@H](OC)c2cc3ccccc3o2)cc1. The lowest BCUT2D eigenvalue weighted by molar-refractivity contribution is -0.121. The lowest BCUT2D eigenvalue weighted by atomic mass is 10.1. The molecule has 1 N–H and O–H groups in total. The van der Waals surface area contributed by atoms with E-state index in [1.54, 1.807) is 14.2 Å². The van der Waals surface area contributed by atoms with E-state index < -0.39 is 0 Å². The van der Waals surface area contributed by atoms with Crippen LogP contribution in [0, 0.1) is 0 Å². The average Bonchev–Trinajstić information content (AvgIpc) is 3.11. The first-order valence-corrected chi connectivity index (χ1v) is 8.60. The van der Waals surface area contributed by atoms with Crippen molar-refractivity contribution >= 4 is 16.9 Å². The molecule has 5 nitrogen and oxygen atoms in total. The minimum atomic E-state index is -0.313. The third-order valence-electron chi connectivity index (χ3n) is 4.33. The van der Waals surface area contributed by atoms with Crippen LogP contribution in [0.3, 0.4) is 0 Å². The summed E-state index contributed by atoms with van der Waals surface area (Å²) in [5.41, 5.74) is 1.91. The maximum Gasteiger partial charge on any atom is 0.220 e. The minimum Gasteiger partial charge on any atom is -0.497 e. The molecule has 0 aliphatic carbocycles. The topological polar surface area (TPSA) is 60.7 Å². The second-order valence-electron chi connectivity index (χ2n) is 6.06. The van der Waals surface area contributed by atoms with E-state index in [9.17, 15) is 4.79 Å². The van der Waals surface area contributed by atoms with E-state index >= 15 is 0 Å². The van der Waals surface area contributed by atoms with E-state index in [-0.39, 0.29) is 12.0 Å². The molecule has 26 heavy (non-hydrogen) atoms. The first-order valence-electron chi connectivity index (χ1n) is 8.60. The molecule has 5 heteroatoms. The maximum atomic E-state index is 12.1. The van der Waals surface area contributed by atoms with Crippen molar-refractivity contribution in [2.75, 3.05) is 20.8 Å². The number of carbonyl (C=O) groups is 1. The standard InChI is InChI=1S/C21H23NO4/c1-24-17-10-7-15(8-11-17)9-12-21(23)22-14-20(25-2)19-13-16-5-3-4-6-18(16)26-19/h3-8,10-11,13,20H,9,12,14H2,1-2H3,(H,22,23)/t20-/m0/s1.